The third-order valence-electron chi connectivity index (χ3n) is 5.81. The molecule has 0 bridgehead atoms. The molecule has 0 amide bonds. The fraction of sp³-hybridized carbons (Fsp3) is 0.381. The zero-order chi connectivity index (χ0) is 21.0. The SMILES string of the molecule is Cc1c(-c2ncco2)nc(N)n2nc(C3CC(c4ccc(C(C)(C)N)nc4)C3)nc12. The van der Waals surface area contributed by atoms with Crippen LogP contribution < -0.4 is 11.5 Å². The summed E-state index contributed by atoms with van der Waals surface area (Å²) in [7, 11) is 0. The lowest BCUT2D eigenvalue weighted by atomic mass is 9.71. The van der Waals surface area contributed by atoms with E-state index in [1.807, 2.05) is 33.0 Å². The van der Waals surface area contributed by atoms with E-state index in [1.54, 1.807) is 10.7 Å². The number of anilines is 1. The van der Waals surface area contributed by atoms with Gasteiger partial charge in [-0.05, 0) is 51.2 Å². The van der Waals surface area contributed by atoms with Gasteiger partial charge in [0, 0.05) is 17.7 Å². The third-order valence-corrected chi connectivity index (χ3v) is 5.81. The van der Waals surface area contributed by atoms with Crippen molar-refractivity contribution in [1.29, 1.82) is 0 Å². The van der Waals surface area contributed by atoms with E-state index in [2.05, 4.69) is 26.1 Å². The number of fused-ring (bicyclic) bond motifs is 1. The maximum Gasteiger partial charge on any atom is 0.245 e. The molecule has 4 N–H and O–H groups in total. The first kappa shape index (κ1) is 18.7. The molecular weight excluding hydrogens is 380 g/mol. The van der Waals surface area contributed by atoms with Crippen molar-refractivity contribution in [2.24, 2.45) is 5.73 Å². The standard InChI is InChI=1S/C21H24N8O/c1-11-16(19-24-6-7-30-19)26-20(22)29-18(11)27-17(28-29)14-8-13(9-14)12-4-5-15(25-10-12)21(2,3)23/h4-7,10,13-14H,8-9,23H2,1-3H3,(H2,22,26). The fourth-order valence-electron chi connectivity index (χ4n) is 3.93. The highest BCUT2D eigenvalue weighted by molar-refractivity contribution is 5.65. The molecule has 0 spiro atoms. The largest absolute Gasteiger partial charge is 0.443 e. The lowest BCUT2D eigenvalue weighted by Crippen LogP contribution is -2.30. The smallest absolute Gasteiger partial charge is 0.245 e. The minimum Gasteiger partial charge on any atom is -0.443 e. The molecule has 4 heterocycles. The van der Waals surface area contributed by atoms with Crippen LogP contribution in [-0.2, 0) is 5.54 Å². The number of rotatable bonds is 4. The second-order valence-electron chi connectivity index (χ2n) is 8.55. The first-order valence-electron chi connectivity index (χ1n) is 9.99. The van der Waals surface area contributed by atoms with E-state index < -0.39 is 5.54 Å². The molecule has 1 aliphatic rings. The van der Waals surface area contributed by atoms with Gasteiger partial charge in [-0.15, -0.1) is 5.10 Å². The number of aromatic nitrogens is 6. The average Bonchev–Trinajstić information content (AvgIpc) is 3.34. The minimum atomic E-state index is -0.434. The number of oxazole rings is 1. The van der Waals surface area contributed by atoms with Gasteiger partial charge in [0.05, 0.1) is 17.4 Å². The lowest BCUT2D eigenvalue weighted by Gasteiger charge is -2.33. The number of pyridine rings is 1. The highest BCUT2D eigenvalue weighted by Gasteiger charge is 2.35. The molecule has 0 aliphatic heterocycles. The molecule has 0 unspecified atom stereocenters. The molecule has 4 aromatic rings. The van der Waals surface area contributed by atoms with E-state index >= 15 is 0 Å². The molecule has 0 radical (unpaired) electrons. The Balaban J connectivity index is 1.38. The van der Waals surface area contributed by atoms with Crippen LogP contribution in [0.4, 0.5) is 5.95 Å². The number of nitrogens with zero attached hydrogens (tertiary/aromatic N) is 6. The fourth-order valence-corrected chi connectivity index (χ4v) is 3.93. The summed E-state index contributed by atoms with van der Waals surface area (Å²) in [5, 5.41) is 4.63. The molecule has 9 nitrogen and oxygen atoms in total. The molecule has 0 atom stereocenters. The minimum absolute atomic E-state index is 0.266. The predicted molar refractivity (Wildman–Crippen MR) is 112 cm³/mol. The Bertz CT molecular complexity index is 1200. The summed E-state index contributed by atoms with van der Waals surface area (Å²) in [6.45, 7) is 5.84. The van der Waals surface area contributed by atoms with E-state index in [0.717, 1.165) is 29.9 Å². The predicted octanol–water partition coefficient (Wildman–Crippen LogP) is 2.92. The summed E-state index contributed by atoms with van der Waals surface area (Å²) in [6.07, 6.45) is 6.98. The van der Waals surface area contributed by atoms with Crippen molar-refractivity contribution in [2.75, 3.05) is 5.73 Å². The van der Waals surface area contributed by atoms with Crippen molar-refractivity contribution in [3.63, 3.8) is 0 Å². The first-order chi connectivity index (χ1) is 14.3. The average molecular weight is 404 g/mol. The van der Waals surface area contributed by atoms with Gasteiger partial charge in [-0.25, -0.2) is 15.0 Å². The molecule has 0 saturated heterocycles. The van der Waals surface area contributed by atoms with E-state index in [9.17, 15) is 0 Å². The Morgan fingerprint density at radius 3 is 2.57 bits per heavy atom. The molecule has 9 heteroatoms. The molecule has 30 heavy (non-hydrogen) atoms. The van der Waals surface area contributed by atoms with Crippen molar-refractivity contribution in [3.8, 4) is 11.6 Å². The highest BCUT2D eigenvalue weighted by Crippen LogP contribution is 2.46. The molecule has 1 aliphatic carbocycles. The Labute approximate surface area is 173 Å². The van der Waals surface area contributed by atoms with Crippen LogP contribution in [0, 0.1) is 6.92 Å². The topological polar surface area (TPSA) is 134 Å². The Morgan fingerprint density at radius 2 is 1.93 bits per heavy atom. The second-order valence-corrected chi connectivity index (χ2v) is 8.55. The second kappa shape index (κ2) is 6.60. The first-order valence-corrected chi connectivity index (χ1v) is 9.99. The molecule has 1 fully saturated rings. The quantitative estimate of drug-likeness (QED) is 0.530. The summed E-state index contributed by atoms with van der Waals surface area (Å²) in [5.74, 6) is 2.21. The molecule has 0 aromatic carbocycles. The van der Waals surface area contributed by atoms with E-state index in [0.29, 0.717) is 23.1 Å². The van der Waals surface area contributed by atoms with Gasteiger partial charge in [0.1, 0.15) is 12.0 Å². The summed E-state index contributed by atoms with van der Waals surface area (Å²) >= 11 is 0. The van der Waals surface area contributed by atoms with Gasteiger partial charge in [-0.2, -0.15) is 4.52 Å². The number of nitrogen functional groups attached to an aromatic ring is 1. The van der Waals surface area contributed by atoms with Gasteiger partial charge in [0.25, 0.3) is 0 Å². The van der Waals surface area contributed by atoms with Crippen LogP contribution in [0.1, 0.15) is 61.2 Å². The zero-order valence-corrected chi connectivity index (χ0v) is 17.2. The van der Waals surface area contributed by atoms with E-state index in [4.69, 9.17) is 20.9 Å². The lowest BCUT2D eigenvalue weighted by molar-refractivity contribution is 0.337. The van der Waals surface area contributed by atoms with Crippen LogP contribution in [0.25, 0.3) is 17.2 Å². The normalized spacial score (nSPS) is 19.2. The maximum atomic E-state index is 6.13. The maximum absolute atomic E-state index is 6.13. The Hall–Kier alpha value is -3.33. The molecule has 5 rings (SSSR count). The van der Waals surface area contributed by atoms with Crippen LogP contribution >= 0.6 is 0 Å². The van der Waals surface area contributed by atoms with Crippen LogP contribution in [-0.4, -0.2) is 29.5 Å². The number of nitrogens with two attached hydrogens (primary N) is 2. The molecule has 154 valence electrons. The number of hydrogen-bond acceptors (Lipinski definition) is 8. The van der Waals surface area contributed by atoms with Crippen molar-refractivity contribution >= 4 is 11.6 Å². The van der Waals surface area contributed by atoms with Gasteiger partial charge in [-0.1, -0.05) is 6.07 Å². The van der Waals surface area contributed by atoms with Crippen LogP contribution in [0.15, 0.2) is 35.2 Å². The summed E-state index contributed by atoms with van der Waals surface area (Å²) < 4.78 is 6.98. The van der Waals surface area contributed by atoms with Crippen LogP contribution in [0.2, 0.25) is 0 Å². The van der Waals surface area contributed by atoms with E-state index in [-0.39, 0.29) is 11.9 Å². The van der Waals surface area contributed by atoms with Gasteiger partial charge in [-0.3, -0.25) is 4.98 Å². The highest BCUT2D eigenvalue weighted by atomic mass is 16.3. The Morgan fingerprint density at radius 1 is 1.13 bits per heavy atom. The van der Waals surface area contributed by atoms with Crippen LogP contribution in [0.5, 0.6) is 0 Å². The van der Waals surface area contributed by atoms with Gasteiger partial charge in [0.15, 0.2) is 11.5 Å². The monoisotopic (exact) mass is 404 g/mol. The molecular formula is C21H24N8O. The van der Waals surface area contributed by atoms with Crippen molar-refractivity contribution in [2.45, 2.75) is 51.0 Å². The number of aryl methyl sites for hydroxylation is 1. The van der Waals surface area contributed by atoms with Crippen molar-refractivity contribution in [1.82, 2.24) is 29.5 Å². The van der Waals surface area contributed by atoms with Crippen molar-refractivity contribution < 1.29 is 4.42 Å². The summed E-state index contributed by atoms with van der Waals surface area (Å²) in [4.78, 5) is 17.9. The summed E-state index contributed by atoms with van der Waals surface area (Å²) in [5.41, 5.74) is 16.1. The van der Waals surface area contributed by atoms with Crippen molar-refractivity contribution in [3.05, 3.63) is 53.4 Å². The van der Waals surface area contributed by atoms with Crippen LogP contribution in [0.3, 0.4) is 0 Å². The van der Waals surface area contributed by atoms with Gasteiger partial charge >= 0.3 is 0 Å². The summed E-state index contributed by atoms with van der Waals surface area (Å²) in [6, 6.07) is 4.15. The molecule has 4 aromatic heterocycles. The van der Waals surface area contributed by atoms with Gasteiger partial charge < -0.3 is 15.9 Å². The molecule has 1 saturated carbocycles. The number of hydrogen-bond donors (Lipinski definition) is 2. The van der Waals surface area contributed by atoms with E-state index in [1.165, 1.54) is 11.8 Å². The third kappa shape index (κ3) is 3.02. The Kier molecular flexibility index (Phi) is 4.11. The van der Waals surface area contributed by atoms with Gasteiger partial charge in [0.2, 0.25) is 11.8 Å². The zero-order valence-electron chi connectivity index (χ0n) is 17.2.